The van der Waals surface area contributed by atoms with Crippen LogP contribution in [-0.2, 0) is 22.4 Å². The monoisotopic (exact) mass is 547 g/mol. The molecule has 214 valence electrons. The van der Waals surface area contributed by atoms with Crippen LogP contribution >= 0.6 is 0 Å². The fraction of sp³-hybridized carbons (Fsp3) is 0.433. The van der Waals surface area contributed by atoms with Gasteiger partial charge < -0.3 is 20.6 Å². The molecule has 3 aromatic rings. The third-order valence-corrected chi connectivity index (χ3v) is 6.81. The molecule has 0 saturated carbocycles. The number of pyridine rings is 1. The number of rotatable bonds is 16. The van der Waals surface area contributed by atoms with Gasteiger partial charge in [0.05, 0.1) is 6.54 Å². The van der Waals surface area contributed by atoms with Crippen molar-refractivity contribution in [1.29, 1.82) is 0 Å². The zero-order chi connectivity index (χ0) is 28.9. The molecule has 0 aliphatic heterocycles. The van der Waals surface area contributed by atoms with E-state index in [1.807, 2.05) is 42.3 Å². The first-order chi connectivity index (χ1) is 19.3. The summed E-state index contributed by atoms with van der Waals surface area (Å²) in [5, 5.41) is 16.3. The van der Waals surface area contributed by atoms with Gasteiger partial charge in [0.25, 0.3) is 0 Å². The smallest absolute Gasteiger partial charge is 0.326 e. The Bertz CT molecular complexity index is 1240. The van der Waals surface area contributed by atoms with E-state index >= 15 is 0 Å². The van der Waals surface area contributed by atoms with Crippen molar-refractivity contribution in [1.82, 2.24) is 24.8 Å². The number of nitrogens with one attached hydrogen (secondary N) is 2. The number of carbonyl (C=O) groups is 2. The number of amides is 1. The van der Waals surface area contributed by atoms with Crippen molar-refractivity contribution < 1.29 is 14.7 Å². The summed E-state index contributed by atoms with van der Waals surface area (Å²) in [4.78, 5) is 41.5. The van der Waals surface area contributed by atoms with Gasteiger partial charge in [0, 0.05) is 45.1 Å². The highest BCUT2D eigenvalue weighted by molar-refractivity contribution is 5.81. The van der Waals surface area contributed by atoms with Crippen LogP contribution in [0.15, 0.2) is 55.0 Å². The number of carboxylic acid groups (broad SMARTS) is 1. The number of nitrogens with zero attached hydrogens (tertiary/aromatic N) is 5. The second kappa shape index (κ2) is 15.5. The lowest BCUT2D eigenvalue weighted by Gasteiger charge is -2.25. The summed E-state index contributed by atoms with van der Waals surface area (Å²) in [5.41, 5.74) is 3.86. The minimum atomic E-state index is -0.974. The Hall–Kier alpha value is -4.05. The molecule has 0 radical (unpaired) electrons. The van der Waals surface area contributed by atoms with Crippen molar-refractivity contribution in [3.8, 4) is 11.1 Å². The van der Waals surface area contributed by atoms with Gasteiger partial charge in [-0.3, -0.25) is 9.69 Å². The number of anilines is 2. The predicted octanol–water partition coefficient (Wildman–Crippen LogP) is 3.81. The second-order valence-corrected chi connectivity index (χ2v) is 9.91. The highest BCUT2D eigenvalue weighted by atomic mass is 16.4. The first-order valence-electron chi connectivity index (χ1n) is 13.8. The molecule has 1 unspecified atom stereocenters. The average Bonchev–Trinajstić information content (AvgIpc) is 2.97. The second-order valence-electron chi connectivity index (χ2n) is 9.91. The molecule has 10 heteroatoms. The number of hydrogen-bond donors (Lipinski definition) is 3. The van der Waals surface area contributed by atoms with E-state index < -0.39 is 12.0 Å². The molecule has 1 atom stereocenters. The van der Waals surface area contributed by atoms with Crippen LogP contribution in [0.2, 0.25) is 0 Å². The number of aromatic nitrogens is 3. The lowest BCUT2D eigenvalue weighted by molar-refractivity contribution is -0.138. The molecule has 1 aromatic carbocycles. The predicted molar refractivity (Wildman–Crippen MR) is 158 cm³/mol. The third kappa shape index (κ3) is 9.01. The summed E-state index contributed by atoms with van der Waals surface area (Å²) in [6.07, 6.45) is 6.92. The van der Waals surface area contributed by atoms with E-state index in [1.165, 1.54) is 11.9 Å². The molecule has 0 spiro atoms. The van der Waals surface area contributed by atoms with Crippen LogP contribution in [0.4, 0.5) is 11.6 Å². The van der Waals surface area contributed by atoms with Gasteiger partial charge in [0.2, 0.25) is 5.91 Å². The Morgan fingerprint density at radius 2 is 1.80 bits per heavy atom. The van der Waals surface area contributed by atoms with E-state index in [2.05, 4.69) is 39.7 Å². The Morgan fingerprint density at radius 3 is 2.48 bits per heavy atom. The fourth-order valence-corrected chi connectivity index (χ4v) is 4.42. The van der Waals surface area contributed by atoms with Gasteiger partial charge in [-0.05, 0) is 55.8 Å². The van der Waals surface area contributed by atoms with Gasteiger partial charge in [-0.1, -0.05) is 43.3 Å². The molecule has 0 bridgehead atoms. The topological polar surface area (TPSA) is 124 Å². The van der Waals surface area contributed by atoms with E-state index in [1.54, 1.807) is 25.2 Å². The quantitative estimate of drug-likeness (QED) is 0.230. The molecule has 0 aliphatic carbocycles. The van der Waals surface area contributed by atoms with Gasteiger partial charge >= 0.3 is 5.97 Å². The van der Waals surface area contributed by atoms with E-state index in [9.17, 15) is 14.7 Å². The van der Waals surface area contributed by atoms with Gasteiger partial charge in [-0.25, -0.2) is 19.7 Å². The molecule has 3 rings (SSSR count). The normalized spacial score (nSPS) is 11.7. The Labute approximate surface area is 236 Å². The van der Waals surface area contributed by atoms with Crippen LogP contribution in [0.5, 0.6) is 0 Å². The summed E-state index contributed by atoms with van der Waals surface area (Å²) in [7, 11) is 5.35. The highest BCUT2D eigenvalue weighted by Gasteiger charge is 2.22. The molecule has 40 heavy (non-hydrogen) atoms. The molecule has 10 nitrogen and oxygen atoms in total. The fourth-order valence-electron chi connectivity index (χ4n) is 4.42. The van der Waals surface area contributed by atoms with Crippen LogP contribution < -0.4 is 10.6 Å². The first kappa shape index (κ1) is 30.5. The van der Waals surface area contributed by atoms with Gasteiger partial charge in [0.15, 0.2) is 0 Å². The number of likely N-dealkylation sites (N-methyl/N-ethyl adjacent to an activating group) is 1. The molecular weight excluding hydrogens is 506 g/mol. The maximum Gasteiger partial charge on any atom is 0.326 e. The van der Waals surface area contributed by atoms with Crippen LogP contribution in [0, 0.1) is 0 Å². The van der Waals surface area contributed by atoms with Crippen molar-refractivity contribution in [2.75, 3.05) is 51.4 Å². The van der Waals surface area contributed by atoms with Crippen molar-refractivity contribution >= 4 is 23.5 Å². The van der Waals surface area contributed by atoms with Crippen LogP contribution in [-0.4, -0.2) is 88.6 Å². The van der Waals surface area contributed by atoms with Crippen molar-refractivity contribution in [2.24, 2.45) is 0 Å². The summed E-state index contributed by atoms with van der Waals surface area (Å²) in [6.45, 7) is 3.47. The lowest BCUT2D eigenvalue weighted by atomic mass is 10.1. The molecule has 0 saturated heterocycles. The molecule has 0 fully saturated rings. The molecule has 3 N–H and O–H groups in total. The maximum atomic E-state index is 12.5. The van der Waals surface area contributed by atoms with E-state index in [0.717, 1.165) is 48.3 Å². The summed E-state index contributed by atoms with van der Waals surface area (Å²) in [6, 6.07) is 12.9. The zero-order valence-electron chi connectivity index (χ0n) is 23.9. The number of carbonyl (C=O) groups excluding carboxylic acids is 1. The lowest BCUT2D eigenvalue weighted by Crippen LogP contribution is -2.40. The third-order valence-electron chi connectivity index (χ3n) is 6.81. The van der Waals surface area contributed by atoms with E-state index in [4.69, 9.17) is 4.98 Å². The standard InChI is InChI=1S/C30H41N7O3/c1-5-22-14-15-24(34-28(22)31-2)13-9-10-17-37(20-27(38)36(3)4)18-16-26(30(39)40)35-29-25(19-32-21-33-29)23-11-7-6-8-12-23/h6-8,11-12,14-15,19,21,26H,5,9-10,13,16-18,20H2,1-4H3,(H,31,34)(H,39,40)(H,32,33,35). The van der Waals surface area contributed by atoms with Crippen molar-refractivity contribution in [3.63, 3.8) is 0 Å². The number of carboxylic acids is 1. The van der Waals surface area contributed by atoms with Crippen LogP contribution in [0.3, 0.4) is 0 Å². The Morgan fingerprint density at radius 1 is 1.02 bits per heavy atom. The molecular formula is C30H41N7O3. The van der Waals surface area contributed by atoms with E-state index in [-0.39, 0.29) is 12.5 Å². The number of aryl methyl sites for hydroxylation is 2. The summed E-state index contributed by atoms with van der Waals surface area (Å²) in [5.74, 6) is 0.396. The Balaban J connectivity index is 1.62. The average molecular weight is 548 g/mol. The van der Waals surface area contributed by atoms with Crippen LogP contribution in [0.25, 0.3) is 11.1 Å². The number of hydrogen-bond acceptors (Lipinski definition) is 8. The van der Waals surface area contributed by atoms with Crippen molar-refractivity contribution in [3.05, 3.63) is 66.2 Å². The number of unbranched alkanes of at least 4 members (excludes halogenated alkanes) is 1. The molecule has 0 aliphatic rings. The maximum absolute atomic E-state index is 12.5. The first-order valence-corrected chi connectivity index (χ1v) is 13.8. The summed E-state index contributed by atoms with van der Waals surface area (Å²) >= 11 is 0. The number of aliphatic carboxylic acids is 1. The van der Waals surface area contributed by atoms with Gasteiger partial charge in [-0.15, -0.1) is 0 Å². The van der Waals surface area contributed by atoms with Gasteiger partial charge in [-0.2, -0.15) is 0 Å². The summed E-state index contributed by atoms with van der Waals surface area (Å²) < 4.78 is 0. The molecule has 1 amide bonds. The molecule has 2 heterocycles. The minimum absolute atomic E-state index is 0.0162. The minimum Gasteiger partial charge on any atom is -0.480 e. The van der Waals surface area contributed by atoms with E-state index in [0.29, 0.717) is 25.3 Å². The van der Waals surface area contributed by atoms with Gasteiger partial charge in [0.1, 0.15) is 24.0 Å². The zero-order valence-corrected chi connectivity index (χ0v) is 23.9. The largest absolute Gasteiger partial charge is 0.480 e. The highest BCUT2D eigenvalue weighted by Crippen LogP contribution is 2.25. The Kier molecular flexibility index (Phi) is 11.8. The van der Waals surface area contributed by atoms with Crippen molar-refractivity contribution in [2.45, 2.75) is 45.1 Å². The SMILES string of the molecule is CCc1ccc(CCCCN(CCC(Nc2ncncc2-c2ccccc2)C(=O)O)CC(=O)N(C)C)nc1NC. The number of benzene rings is 1. The molecule has 2 aromatic heterocycles. The van der Waals surface area contributed by atoms with Crippen LogP contribution in [0.1, 0.15) is 37.4 Å².